The number of hydrogen-bond acceptors (Lipinski definition) is 1. The molecule has 0 bridgehead atoms. The van der Waals surface area contributed by atoms with Crippen LogP contribution < -0.4 is 0 Å². The van der Waals surface area contributed by atoms with E-state index in [0.29, 0.717) is 0 Å². The number of aliphatic hydroxyl groups excluding tert-OH is 1. The third-order valence-electron chi connectivity index (χ3n) is 2.56. The van der Waals surface area contributed by atoms with E-state index in [9.17, 15) is 5.11 Å². The topological polar surface area (TPSA) is 20.2 Å². The second kappa shape index (κ2) is 4.10. The summed E-state index contributed by atoms with van der Waals surface area (Å²) in [6.45, 7) is 4.53. The van der Waals surface area contributed by atoms with Crippen LogP contribution in [-0.2, 0) is 0 Å². The summed E-state index contributed by atoms with van der Waals surface area (Å²) in [5.74, 6) is 1.60. The molecule has 1 heteroatoms. The largest absolute Gasteiger partial charge is 0.393 e. The molecular formula is C10H20O. The minimum absolute atomic E-state index is 0.00694. The minimum Gasteiger partial charge on any atom is -0.393 e. The highest BCUT2D eigenvalue weighted by atomic mass is 16.3. The molecule has 0 unspecified atom stereocenters. The molecule has 1 rings (SSSR count). The molecule has 1 aliphatic carbocycles. The fourth-order valence-electron chi connectivity index (χ4n) is 2.14. The van der Waals surface area contributed by atoms with Crippen molar-refractivity contribution in [2.45, 2.75) is 52.1 Å². The highest BCUT2D eigenvalue weighted by molar-refractivity contribution is 4.72. The van der Waals surface area contributed by atoms with E-state index in [1.165, 1.54) is 19.3 Å². The zero-order valence-corrected chi connectivity index (χ0v) is 7.71. The maximum Gasteiger partial charge on any atom is 0.0542 e. The average molecular weight is 156 g/mol. The summed E-state index contributed by atoms with van der Waals surface area (Å²) in [6, 6.07) is 0. The van der Waals surface area contributed by atoms with Crippen LogP contribution in [0, 0.1) is 11.8 Å². The molecule has 1 saturated carbocycles. The normalized spacial score (nSPS) is 32.7. The molecule has 0 aliphatic heterocycles. The van der Waals surface area contributed by atoms with Crippen molar-refractivity contribution < 1.29 is 5.11 Å². The van der Waals surface area contributed by atoms with Crippen LogP contribution in [0.4, 0.5) is 0 Å². The molecule has 0 amide bonds. The first-order valence-corrected chi connectivity index (χ1v) is 4.86. The van der Waals surface area contributed by atoms with Gasteiger partial charge in [0.05, 0.1) is 6.10 Å². The van der Waals surface area contributed by atoms with Crippen molar-refractivity contribution >= 4 is 0 Å². The molecule has 0 aromatic heterocycles. The Morgan fingerprint density at radius 2 is 2.09 bits per heavy atom. The molecule has 1 fully saturated rings. The van der Waals surface area contributed by atoms with Gasteiger partial charge in [-0.05, 0) is 31.1 Å². The highest BCUT2D eigenvalue weighted by Gasteiger charge is 2.20. The number of aliphatic hydroxyl groups is 1. The third-order valence-corrected chi connectivity index (χ3v) is 2.56. The number of hydrogen-bond donors (Lipinski definition) is 1. The van der Waals surface area contributed by atoms with Gasteiger partial charge >= 0.3 is 0 Å². The molecule has 0 aromatic rings. The average Bonchev–Trinajstić information content (AvgIpc) is 1.85. The monoisotopic (exact) mass is 156 g/mol. The molecule has 0 radical (unpaired) electrons. The Hall–Kier alpha value is -0.0400. The van der Waals surface area contributed by atoms with Gasteiger partial charge < -0.3 is 5.11 Å². The summed E-state index contributed by atoms with van der Waals surface area (Å²) in [5.41, 5.74) is 0. The molecule has 0 spiro atoms. The predicted octanol–water partition coefficient (Wildman–Crippen LogP) is 2.58. The van der Waals surface area contributed by atoms with E-state index in [0.717, 1.165) is 24.7 Å². The molecule has 11 heavy (non-hydrogen) atoms. The van der Waals surface area contributed by atoms with Gasteiger partial charge in [0.25, 0.3) is 0 Å². The molecule has 0 aromatic carbocycles. The fraction of sp³-hybridized carbons (Fsp3) is 1.00. The first-order chi connectivity index (χ1) is 5.18. The second-order valence-corrected chi connectivity index (χ2v) is 4.32. The Labute approximate surface area is 69.8 Å². The quantitative estimate of drug-likeness (QED) is 0.651. The lowest BCUT2D eigenvalue weighted by Gasteiger charge is -2.26. The van der Waals surface area contributed by atoms with E-state index in [2.05, 4.69) is 13.8 Å². The zero-order valence-electron chi connectivity index (χ0n) is 7.71. The van der Waals surface area contributed by atoms with E-state index in [1.54, 1.807) is 0 Å². The number of rotatable bonds is 2. The van der Waals surface area contributed by atoms with Gasteiger partial charge in [-0.15, -0.1) is 0 Å². The molecule has 1 aliphatic rings. The lowest BCUT2D eigenvalue weighted by molar-refractivity contribution is 0.0941. The Balaban J connectivity index is 2.23. The molecule has 0 saturated heterocycles. The van der Waals surface area contributed by atoms with Crippen molar-refractivity contribution in [1.82, 2.24) is 0 Å². The Morgan fingerprint density at radius 3 is 2.64 bits per heavy atom. The molecule has 66 valence electrons. The molecule has 2 atom stereocenters. The van der Waals surface area contributed by atoms with E-state index >= 15 is 0 Å². The van der Waals surface area contributed by atoms with Gasteiger partial charge in [0.2, 0.25) is 0 Å². The van der Waals surface area contributed by atoms with Crippen LogP contribution >= 0.6 is 0 Å². The minimum atomic E-state index is 0.00694. The van der Waals surface area contributed by atoms with Crippen LogP contribution in [0.1, 0.15) is 46.0 Å². The molecule has 0 heterocycles. The van der Waals surface area contributed by atoms with Crippen molar-refractivity contribution in [2.24, 2.45) is 11.8 Å². The summed E-state index contributed by atoms with van der Waals surface area (Å²) < 4.78 is 0. The fourth-order valence-corrected chi connectivity index (χ4v) is 2.14. The molecule has 1 nitrogen and oxygen atoms in total. The van der Waals surface area contributed by atoms with Gasteiger partial charge in [0.1, 0.15) is 0 Å². The standard InChI is InChI=1S/C10H20O/c1-8(2)6-9-4-3-5-10(11)7-9/h8-11H,3-7H2,1-2H3/t9-,10+/m1/s1. The van der Waals surface area contributed by atoms with Gasteiger partial charge in [0.15, 0.2) is 0 Å². The van der Waals surface area contributed by atoms with E-state index in [-0.39, 0.29) is 6.10 Å². The first kappa shape index (κ1) is 9.05. The summed E-state index contributed by atoms with van der Waals surface area (Å²) in [4.78, 5) is 0. The molecule has 1 N–H and O–H groups in total. The Bertz CT molecular complexity index is 107. The van der Waals surface area contributed by atoms with E-state index in [1.807, 2.05) is 0 Å². The summed E-state index contributed by atoms with van der Waals surface area (Å²) in [6.07, 6.45) is 5.98. The highest BCUT2D eigenvalue weighted by Crippen LogP contribution is 2.28. The second-order valence-electron chi connectivity index (χ2n) is 4.32. The predicted molar refractivity (Wildman–Crippen MR) is 47.4 cm³/mol. The van der Waals surface area contributed by atoms with Crippen molar-refractivity contribution in [3.05, 3.63) is 0 Å². The Kier molecular flexibility index (Phi) is 3.38. The maximum atomic E-state index is 9.39. The van der Waals surface area contributed by atoms with Crippen LogP contribution in [-0.4, -0.2) is 11.2 Å². The summed E-state index contributed by atoms with van der Waals surface area (Å²) in [7, 11) is 0. The zero-order chi connectivity index (χ0) is 8.27. The van der Waals surface area contributed by atoms with Crippen molar-refractivity contribution in [3.63, 3.8) is 0 Å². The Morgan fingerprint density at radius 1 is 1.36 bits per heavy atom. The molecular weight excluding hydrogens is 136 g/mol. The third kappa shape index (κ3) is 3.24. The lowest BCUT2D eigenvalue weighted by atomic mass is 9.82. The van der Waals surface area contributed by atoms with Crippen molar-refractivity contribution in [3.8, 4) is 0 Å². The van der Waals surface area contributed by atoms with Gasteiger partial charge in [-0.1, -0.05) is 26.7 Å². The summed E-state index contributed by atoms with van der Waals surface area (Å²) in [5, 5.41) is 9.39. The lowest BCUT2D eigenvalue weighted by Crippen LogP contribution is -2.20. The summed E-state index contributed by atoms with van der Waals surface area (Å²) >= 11 is 0. The van der Waals surface area contributed by atoms with E-state index in [4.69, 9.17) is 0 Å². The van der Waals surface area contributed by atoms with Crippen LogP contribution in [0.25, 0.3) is 0 Å². The van der Waals surface area contributed by atoms with Gasteiger partial charge in [-0.2, -0.15) is 0 Å². The van der Waals surface area contributed by atoms with Crippen LogP contribution in [0.3, 0.4) is 0 Å². The maximum absolute atomic E-state index is 9.39. The van der Waals surface area contributed by atoms with Crippen LogP contribution in [0.2, 0.25) is 0 Å². The SMILES string of the molecule is CC(C)C[C@H]1CCC[C@H](O)C1. The van der Waals surface area contributed by atoms with E-state index < -0.39 is 0 Å². The van der Waals surface area contributed by atoms with Crippen molar-refractivity contribution in [2.75, 3.05) is 0 Å². The van der Waals surface area contributed by atoms with Gasteiger partial charge in [-0.25, -0.2) is 0 Å². The van der Waals surface area contributed by atoms with Gasteiger partial charge in [-0.3, -0.25) is 0 Å². The van der Waals surface area contributed by atoms with Crippen LogP contribution in [0.5, 0.6) is 0 Å². The first-order valence-electron chi connectivity index (χ1n) is 4.86. The smallest absolute Gasteiger partial charge is 0.0542 e. The van der Waals surface area contributed by atoms with Crippen molar-refractivity contribution in [1.29, 1.82) is 0 Å². The van der Waals surface area contributed by atoms with Crippen LogP contribution in [0.15, 0.2) is 0 Å². The van der Waals surface area contributed by atoms with Gasteiger partial charge in [0, 0.05) is 0 Å².